The monoisotopic (exact) mass is 506 g/mol. The number of morpholine rings is 1. The molecule has 5 heterocycles. The van der Waals surface area contributed by atoms with Gasteiger partial charge in [-0.05, 0) is 43.5 Å². The highest BCUT2D eigenvalue weighted by molar-refractivity contribution is 6.30. The van der Waals surface area contributed by atoms with Crippen LogP contribution in [0.15, 0.2) is 41.5 Å². The highest BCUT2D eigenvalue weighted by atomic mass is 35.5. The molecule has 36 heavy (non-hydrogen) atoms. The lowest BCUT2D eigenvalue weighted by molar-refractivity contribution is 0.0395. The van der Waals surface area contributed by atoms with E-state index in [9.17, 15) is 4.79 Å². The molecule has 7 rings (SSSR count). The molecule has 1 saturated carbocycles. The van der Waals surface area contributed by atoms with E-state index >= 15 is 4.39 Å². The number of ether oxygens (including phenoxy) is 1. The molecule has 0 N–H and O–H groups in total. The molecule has 184 valence electrons. The van der Waals surface area contributed by atoms with Gasteiger partial charge in [-0.25, -0.2) is 14.4 Å². The molecule has 1 saturated heterocycles. The Bertz CT molecular complexity index is 1590. The maximum atomic E-state index is 15.2. The number of fused-ring (bicyclic) bond motifs is 3. The van der Waals surface area contributed by atoms with Crippen LogP contribution >= 0.6 is 11.6 Å². The summed E-state index contributed by atoms with van der Waals surface area (Å²) in [5.41, 5.74) is 1.97. The van der Waals surface area contributed by atoms with Crippen molar-refractivity contribution in [2.24, 2.45) is 7.05 Å². The van der Waals surface area contributed by atoms with Gasteiger partial charge in [-0.15, -0.1) is 0 Å². The van der Waals surface area contributed by atoms with Gasteiger partial charge >= 0.3 is 0 Å². The van der Waals surface area contributed by atoms with Gasteiger partial charge in [-0.2, -0.15) is 5.10 Å². The minimum atomic E-state index is -0.493. The van der Waals surface area contributed by atoms with Crippen LogP contribution in [-0.2, 0) is 23.7 Å². The Morgan fingerprint density at radius 3 is 2.78 bits per heavy atom. The van der Waals surface area contributed by atoms with E-state index in [1.165, 1.54) is 6.07 Å². The Balaban J connectivity index is 1.41. The number of benzene rings is 1. The number of hydrogen-bond donors (Lipinski definition) is 0. The van der Waals surface area contributed by atoms with E-state index < -0.39 is 5.82 Å². The SMILES string of the molecule is Cn1cc([C@H]2CN(c3cc4c(=O)n5c(nc4c(-c4ccc(Cl)cc4F)n3)C3(CC5)CC3)CCO2)cn1. The summed E-state index contributed by atoms with van der Waals surface area (Å²) in [6.07, 6.45) is 6.53. The van der Waals surface area contributed by atoms with Crippen LogP contribution in [0.2, 0.25) is 5.02 Å². The Kier molecular flexibility index (Phi) is 4.78. The lowest BCUT2D eigenvalue weighted by Crippen LogP contribution is -2.39. The Morgan fingerprint density at radius 2 is 2.03 bits per heavy atom. The second kappa shape index (κ2) is 7.85. The zero-order valence-corrected chi connectivity index (χ0v) is 20.5. The van der Waals surface area contributed by atoms with Crippen molar-refractivity contribution in [3.63, 3.8) is 0 Å². The van der Waals surface area contributed by atoms with E-state index in [2.05, 4.69) is 10.00 Å². The van der Waals surface area contributed by atoms with E-state index in [-0.39, 0.29) is 22.6 Å². The third-order valence-corrected chi connectivity index (χ3v) is 7.98. The number of nitrogens with zero attached hydrogens (tertiary/aromatic N) is 6. The van der Waals surface area contributed by atoms with Crippen molar-refractivity contribution in [1.29, 1.82) is 0 Å². The van der Waals surface area contributed by atoms with Crippen molar-refractivity contribution < 1.29 is 9.13 Å². The van der Waals surface area contributed by atoms with E-state index in [1.807, 2.05) is 13.2 Å². The highest BCUT2D eigenvalue weighted by Gasteiger charge is 2.51. The molecule has 2 aliphatic heterocycles. The summed E-state index contributed by atoms with van der Waals surface area (Å²) >= 11 is 6.04. The van der Waals surface area contributed by atoms with Crippen molar-refractivity contribution in [2.75, 3.05) is 24.6 Å². The molecule has 2 fully saturated rings. The molecule has 8 nitrogen and oxygen atoms in total. The topological polar surface area (TPSA) is 78.1 Å². The summed E-state index contributed by atoms with van der Waals surface area (Å²) in [7, 11) is 1.87. The predicted octanol–water partition coefficient (Wildman–Crippen LogP) is 4.00. The molecule has 0 amide bonds. The fourth-order valence-corrected chi connectivity index (χ4v) is 5.74. The smallest absolute Gasteiger partial charge is 0.261 e. The molecule has 10 heteroatoms. The zero-order valence-electron chi connectivity index (χ0n) is 19.7. The average molecular weight is 507 g/mol. The summed E-state index contributed by atoms with van der Waals surface area (Å²) in [6, 6.07) is 6.32. The van der Waals surface area contributed by atoms with E-state index in [0.717, 1.165) is 30.7 Å². The number of anilines is 1. The van der Waals surface area contributed by atoms with E-state index in [1.54, 1.807) is 33.6 Å². The number of rotatable bonds is 3. The second-order valence-electron chi connectivity index (χ2n) is 10.0. The number of halogens is 2. The first kappa shape index (κ1) is 21.9. The fraction of sp³-hybridized carbons (Fsp3) is 0.385. The zero-order chi connectivity index (χ0) is 24.6. The van der Waals surface area contributed by atoms with Gasteiger partial charge in [0.2, 0.25) is 0 Å². The summed E-state index contributed by atoms with van der Waals surface area (Å²) < 4.78 is 24.7. The predicted molar refractivity (Wildman–Crippen MR) is 134 cm³/mol. The van der Waals surface area contributed by atoms with Crippen LogP contribution in [0.25, 0.3) is 22.2 Å². The van der Waals surface area contributed by atoms with Gasteiger partial charge in [0.05, 0.1) is 18.2 Å². The van der Waals surface area contributed by atoms with Crippen LogP contribution in [0, 0.1) is 5.82 Å². The van der Waals surface area contributed by atoms with Gasteiger partial charge in [-0.3, -0.25) is 14.0 Å². The molecule has 1 atom stereocenters. The first-order valence-corrected chi connectivity index (χ1v) is 12.6. The third-order valence-electron chi connectivity index (χ3n) is 7.74. The highest BCUT2D eigenvalue weighted by Crippen LogP contribution is 2.53. The summed E-state index contributed by atoms with van der Waals surface area (Å²) in [4.78, 5) is 25.7. The summed E-state index contributed by atoms with van der Waals surface area (Å²) in [5, 5.41) is 5.02. The number of pyridine rings is 1. The van der Waals surface area contributed by atoms with Crippen LogP contribution in [0.1, 0.15) is 36.8 Å². The molecule has 3 aromatic heterocycles. The van der Waals surface area contributed by atoms with Crippen LogP contribution < -0.4 is 10.5 Å². The van der Waals surface area contributed by atoms with E-state index in [0.29, 0.717) is 53.7 Å². The van der Waals surface area contributed by atoms with Gasteiger partial charge in [0, 0.05) is 54.4 Å². The Labute approximate surface area is 211 Å². The van der Waals surface area contributed by atoms with Gasteiger partial charge < -0.3 is 9.64 Å². The van der Waals surface area contributed by atoms with Crippen LogP contribution in [0.5, 0.6) is 0 Å². The largest absolute Gasteiger partial charge is 0.370 e. The molecule has 4 aromatic rings. The fourth-order valence-electron chi connectivity index (χ4n) is 5.58. The minimum Gasteiger partial charge on any atom is -0.370 e. The second-order valence-corrected chi connectivity index (χ2v) is 10.5. The van der Waals surface area contributed by atoms with Gasteiger partial charge in [0.1, 0.15) is 34.8 Å². The molecule has 1 aromatic carbocycles. The molecule has 0 radical (unpaired) electrons. The van der Waals surface area contributed by atoms with Crippen LogP contribution in [-0.4, -0.2) is 44.0 Å². The van der Waals surface area contributed by atoms with Crippen molar-refractivity contribution in [2.45, 2.75) is 37.3 Å². The van der Waals surface area contributed by atoms with Gasteiger partial charge in [0.15, 0.2) is 0 Å². The standard InChI is InChI=1S/C26H24ClFN6O2/c1-32-13-15(12-29-32)20-14-33(8-9-36-20)21-11-18-23(22(30-21)17-3-2-16(27)10-19(17)28)31-25-26(4-5-26)6-7-34(25)24(18)35/h2-3,10-13,20H,4-9,14H2,1H3/t20-/m1/s1. The van der Waals surface area contributed by atoms with Crippen molar-refractivity contribution >= 4 is 28.3 Å². The quantitative estimate of drug-likeness (QED) is 0.418. The number of hydrogen-bond acceptors (Lipinski definition) is 6. The Morgan fingerprint density at radius 1 is 1.17 bits per heavy atom. The molecular formula is C26H24ClFN6O2. The molecule has 1 aliphatic carbocycles. The number of aromatic nitrogens is 5. The van der Waals surface area contributed by atoms with Crippen molar-refractivity contribution in [1.82, 2.24) is 24.3 Å². The average Bonchev–Trinajstić information content (AvgIpc) is 3.39. The molecule has 0 bridgehead atoms. The number of aryl methyl sites for hydroxylation is 1. The molecule has 0 unspecified atom stereocenters. The third kappa shape index (κ3) is 3.37. The summed E-state index contributed by atoms with van der Waals surface area (Å²) in [5.74, 6) is 0.919. The van der Waals surface area contributed by atoms with Crippen LogP contribution in [0.4, 0.5) is 10.2 Å². The van der Waals surface area contributed by atoms with Crippen molar-refractivity contribution in [3.05, 3.63) is 69.2 Å². The molecular weight excluding hydrogens is 483 g/mol. The first-order valence-electron chi connectivity index (χ1n) is 12.2. The van der Waals surface area contributed by atoms with E-state index in [4.69, 9.17) is 26.3 Å². The Hall–Kier alpha value is -3.30. The van der Waals surface area contributed by atoms with Crippen molar-refractivity contribution in [3.8, 4) is 11.3 Å². The summed E-state index contributed by atoms with van der Waals surface area (Å²) in [6.45, 7) is 2.30. The van der Waals surface area contributed by atoms with Gasteiger partial charge in [-0.1, -0.05) is 11.6 Å². The normalized spacial score (nSPS) is 20.3. The maximum Gasteiger partial charge on any atom is 0.261 e. The maximum absolute atomic E-state index is 15.2. The molecule has 3 aliphatic rings. The lowest BCUT2D eigenvalue weighted by Gasteiger charge is -2.33. The lowest BCUT2D eigenvalue weighted by atomic mass is 10.0. The van der Waals surface area contributed by atoms with Crippen LogP contribution in [0.3, 0.4) is 0 Å². The molecule has 1 spiro atoms. The first-order chi connectivity index (χ1) is 17.4. The minimum absolute atomic E-state index is 0.0109. The van der Waals surface area contributed by atoms with Gasteiger partial charge in [0.25, 0.3) is 5.56 Å².